The molecule has 5 rings (SSSR count). The molecule has 0 radical (unpaired) electrons. The van der Waals surface area contributed by atoms with Crippen LogP contribution in [-0.2, 0) is 4.74 Å². The molecule has 0 unspecified atom stereocenters. The molecular weight excluding hydrogens is 336 g/mol. The number of rotatable bonds is 3. The predicted molar refractivity (Wildman–Crippen MR) is 110 cm³/mol. The lowest BCUT2D eigenvalue weighted by Gasteiger charge is -2.24. The van der Waals surface area contributed by atoms with Crippen molar-refractivity contribution < 1.29 is 4.74 Å². The minimum atomic E-state index is 0.584. The van der Waals surface area contributed by atoms with Gasteiger partial charge in [-0.3, -0.25) is 0 Å². The SMILES string of the molecule is C1COCCN1.Cc1c(C2CC2)ccc2ncnc(NC3CCCCC3)c12. The van der Waals surface area contributed by atoms with Gasteiger partial charge in [0, 0.05) is 24.5 Å². The van der Waals surface area contributed by atoms with Crippen molar-refractivity contribution >= 4 is 16.7 Å². The molecule has 3 aliphatic rings. The standard InChI is InChI=1S/C18H23N3.C4H9NO/c1-12-15(13-7-8-13)9-10-16-17(12)18(20-11-19-16)21-14-5-3-2-4-6-14;1-3-6-4-2-5-1/h9-11,13-14H,2-8H2,1H3,(H,19,20,21);5H,1-4H2. The average molecular weight is 369 g/mol. The van der Waals surface area contributed by atoms with Crippen LogP contribution in [0.1, 0.15) is 62.0 Å². The quantitative estimate of drug-likeness (QED) is 0.852. The fraction of sp³-hybridized carbons (Fsp3) is 0.636. The largest absolute Gasteiger partial charge is 0.379 e. The molecule has 1 saturated heterocycles. The van der Waals surface area contributed by atoms with Crippen LogP contribution < -0.4 is 10.6 Å². The van der Waals surface area contributed by atoms with Gasteiger partial charge in [-0.2, -0.15) is 0 Å². The van der Waals surface area contributed by atoms with Gasteiger partial charge in [-0.05, 0) is 55.7 Å². The Kier molecular flexibility index (Phi) is 6.20. The van der Waals surface area contributed by atoms with Crippen molar-refractivity contribution in [2.45, 2.75) is 63.8 Å². The van der Waals surface area contributed by atoms with Crippen molar-refractivity contribution in [2.24, 2.45) is 0 Å². The van der Waals surface area contributed by atoms with Crippen molar-refractivity contribution in [3.63, 3.8) is 0 Å². The van der Waals surface area contributed by atoms with E-state index in [1.807, 2.05) is 0 Å². The third-order valence-electron chi connectivity index (χ3n) is 5.91. The predicted octanol–water partition coefficient (Wildman–Crippen LogP) is 4.17. The lowest BCUT2D eigenvalue weighted by molar-refractivity contribution is 0.109. The van der Waals surface area contributed by atoms with Gasteiger partial charge in [0.05, 0.1) is 18.7 Å². The van der Waals surface area contributed by atoms with Crippen LogP contribution in [0, 0.1) is 6.92 Å². The Morgan fingerprint density at radius 3 is 2.41 bits per heavy atom. The van der Waals surface area contributed by atoms with Gasteiger partial charge in [0.2, 0.25) is 0 Å². The number of aryl methyl sites for hydroxylation is 1. The number of nitrogens with zero attached hydrogens (tertiary/aromatic N) is 2. The molecule has 1 aromatic carbocycles. The molecule has 0 atom stereocenters. The minimum absolute atomic E-state index is 0.584. The van der Waals surface area contributed by atoms with Crippen molar-refractivity contribution in [1.82, 2.24) is 15.3 Å². The molecule has 5 heteroatoms. The zero-order valence-electron chi connectivity index (χ0n) is 16.5. The number of morpholine rings is 1. The number of hydrogen-bond donors (Lipinski definition) is 2. The summed E-state index contributed by atoms with van der Waals surface area (Å²) in [5.74, 6) is 1.82. The average Bonchev–Trinajstić information content (AvgIpc) is 3.56. The van der Waals surface area contributed by atoms with Crippen molar-refractivity contribution in [3.8, 4) is 0 Å². The summed E-state index contributed by atoms with van der Waals surface area (Å²) in [5, 5.41) is 8.10. The smallest absolute Gasteiger partial charge is 0.137 e. The van der Waals surface area contributed by atoms with Crippen LogP contribution in [0.3, 0.4) is 0 Å². The zero-order valence-corrected chi connectivity index (χ0v) is 16.5. The summed E-state index contributed by atoms with van der Waals surface area (Å²) >= 11 is 0. The van der Waals surface area contributed by atoms with Crippen LogP contribution >= 0.6 is 0 Å². The molecule has 2 N–H and O–H groups in total. The molecule has 0 bridgehead atoms. The lowest BCUT2D eigenvalue weighted by atomic mass is 9.95. The fourth-order valence-electron chi connectivity index (χ4n) is 4.24. The first-order valence-electron chi connectivity index (χ1n) is 10.6. The van der Waals surface area contributed by atoms with Crippen LogP contribution in [0.4, 0.5) is 5.82 Å². The van der Waals surface area contributed by atoms with Crippen LogP contribution in [0.2, 0.25) is 0 Å². The van der Waals surface area contributed by atoms with Crippen LogP contribution in [0.5, 0.6) is 0 Å². The van der Waals surface area contributed by atoms with Crippen molar-refractivity contribution in [3.05, 3.63) is 29.6 Å². The number of aromatic nitrogens is 2. The Labute approximate surface area is 162 Å². The highest BCUT2D eigenvalue weighted by molar-refractivity contribution is 5.93. The van der Waals surface area contributed by atoms with E-state index >= 15 is 0 Å². The Morgan fingerprint density at radius 2 is 1.78 bits per heavy atom. The van der Waals surface area contributed by atoms with Gasteiger partial charge in [-0.15, -0.1) is 0 Å². The van der Waals surface area contributed by atoms with Gasteiger partial charge < -0.3 is 15.4 Å². The molecular formula is C22H32N4O. The van der Waals surface area contributed by atoms with Crippen LogP contribution in [0.25, 0.3) is 10.9 Å². The van der Waals surface area contributed by atoms with Gasteiger partial charge >= 0.3 is 0 Å². The number of hydrogen-bond acceptors (Lipinski definition) is 5. The van der Waals surface area contributed by atoms with Crippen LogP contribution in [0.15, 0.2) is 18.5 Å². The molecule has 2 saturated carbocycles. The van der Waals surface area contributed by atoms with E-state index in [1.165, 1.54) is 61.5 Å². The fourth-order valence-corrected chi connectivity index (χ4v) is 4.24. The highest BCUT2D eigenvalue weighted by Gasteiger charge is 2.26. The Hall–Kier alpha value is -1.72. The number of nitrogens with one attached hydrogen (secondary N) is 2. The summed E-state index contributed by atoms with van der Waals surface area (Å²) in [5.41, 5.74) is 3.96. The monoisotopic (exact) mass is 368 g/mol. The van der Waals surface area contributed by atoms with Crippen molar-refractivity contribution in [2.75, 3.05) is 31.6 Å². The third-order valence-corrected chi connectivity index (χ3v) is 5.91. The summed E-state index contributed by atoms with van der Waals surface area (Å²) in [6.45, 7) is 6.07. The molecule has 1 aromatic heterocycles. The van der Waals surface area contributed by atoms with Gasteiger partial charge in [0.15, 0.2) is 0 Å². The molecule has 5 nitrogen and oxygen atoms in total. The maximum atomic E-state index is 5.01. The first-order valence-corrected chi connectivity index (χ1v) is 10.6. The number of anilines is 1. The summed E-state index contributed by atoms with van der Waals surface area (Å²) < 4.78 is 5.01. The molecule has 27 heavy (non-hydrogen) atoms. The van der Waals surface area contributed by atoms with E-state index in [0.29, 0.717) is 6.04 Å². The molecule has 146 valence electrons. The first-order chi connectivity index (χ1) is 13.3. The second kappa shape index (κ2) is 8.98. The van der Waals surface area contributed by atoms with Gasteiger partial charge in [0.25, 0.3) is 0 Å². The van der Waals surface area contributed by atoms with Gasteiger partial charge in [0.1, 0.15) is 12.1 Å². The highest BCUT2D eigenvalue weighted by Crippen LogP contribution is 2.43. The van der Waals surface area contributed by atoms with Crippen LogP contribution in [-0.4, -0.2) is 42.3 Å². The Bertz CT molecular complexity index is 738. The van der Waals surface area contributed by atoms with E-state index in [-0.39, 0.29) is 0 Å². The molecule has 0 amide bonds. The Balaban J connectivity index is 0.000000257. The first kappa shape index (κ1) is 18.6. The summed E-state index contributed by atoms with van der Waals surface area (Å²) in [7, 11) is 0. The van der Waals surface area contributed by atoms with E-state index < -0.39 is 0 Å². The highest BCUT2D eigenvalue weighted by atomic mass is 16.5. The van der Waals surface area contributed by atoms with Gasteiger partial charge in [-0.1, -0.05) is 25.3 Å². The van der Waals surface area contributed by atoms with E-state index in [1.54, 1.807) is 6.33 Å². The normalized spacial score (nSPS) is 20.8. The van der Waals surface area contributed by atoms with E-state index in [2.05, 4.69) is 39.7 Å². The second-order valence-corrected chi connectivity index (χ2v) is 8.01. The number of ether oxygens (including phenoxy) is 1. The summed E-state index contributed by atoms with van der Waals surface area (Å²) in [6, 6.07) is 5.03. The zero-order chi connectivity index (χ0) is 18.5. The molecule has 2 aromatic rings. The van der Waals surface area contributed by atoms with Gasteiger partial charge in [-0.25, -0.2) is 9.97 Å². The van der Waals surface area contributed by atoms with E-state index in [4.69, 9.17) is 4.74 Å². The minimum Gasteiger partial charge on any atom is -0.379 e. The maximum Gasteiger partial charge on any atom is 0.137 e. The topological polar surface area (TPSA) is 59.1 Å². The summed E-state index contributed by atoms with van der Waals surface area (Å²) in [6.07, 6.45) is 11.0. The number of fused-ring (bicyclic) bond motifs is 1. The third kappa shape index (κ3) is 4.77. The maximum absolute atomic E-state index is 5.01. The molecule has 3 fully saturated rings. The van der Waals surface area contributed by atoms with E-state index in [0.717, 1.165) is 43.6 Å². The number of benzene rings is 1. The molecule has 2 aliphatic carbocycles. The second-order valence-electron chi connectivity index (χ2n) is 8.01. The molecule has 1 aliphatic heterocycles. The Morgan fingerprint density at radius 1 is 1.00 bits per heavy atom. The van der Waals surface area contributed by atoms with Crippen molar-refractivity contribution in [1.29, 1.82) is 0 Å². The lowest BCUT2D eigenvalue weighted by Crippen LogP contribution is -2.30. The molecule has 0 spiro atoms. The summed E-state index contributed by atoms with van der Waals surface area (Å²) in [4.78, 5) is 9.03. The molecule has 2 heterocycles. The van der Waals surface area contributed by atoms with E-state index in [9.17, 15) is 0 Å².